The van der Waals surface area contributed by atoms with Crippen LogP contribution in [0.2, 0.25) is 5.02 Å². The molecule has 8 heteroatoms. The number of aromatic nitrogens is 2. The summed E-state index contributed by atoms with van der Waals surface area (Å²) in [6.07, 6.45) is 2.86. The Morgan fingerprint density at radius 2 is 1.75 bits per heavy atom. The number of benzene rings is 2. The molecule has 3 rings (SSSR count). The van der Waals surface area contributed by atoms with Crippen LogP contribution in [-0.2, 0) is 4.79 Å². The van der Waals surface area contributed by atoms with E-state index in [2.05, 4.69) is 25.9 Å². The molecule has 0 fully saturated rings. The summed E-state index contributed by atoms with van der Waals surface area (Å²) in [7, 11) is 0. The molecule has 3 aromatic rings. The van der Waals surface area contributed by atoms with Crippen LogP contribution in [0, 0.1) is 6.92 Å². The van der Waals surface area contributed by atoms with Crippen LogP contribution >= 0.6 is 11.6 Å². The summed E-state index contributed by atoms with van der Waals surface area (Å²) in [6.45, 7) is 3.30. The Hall–Kier alpha value is -3.45. The van der Waals surface area contributed by atoms with Crippen LogP contribution in [-0.4, -0.2) is 21.8 Å². The van der Waals surface area contributed by atoms with Gasteiger partial charge in [0.2, 0.25) is 5.91 Å². The van der Waals surface area contributed by atoms with Gasteiger partial charge in [0.15, 0.2) is 0 Å². The second kappa shape index (κ2) is 8.49. The van der Waals surface area contributed by atoms with E-state index in [1.807, 2.05) is 13.0 Å². The average Bonchev–Trinajstić information content (AvgIpc) is 2.64. The maximum atomic E-state index is 12.4. The van der Waals surface area contributed by atoms with Gasteiger partial charge in [-0.2, -0.15) is 0 Å². The molecular weight excluding hydrogens is 378 g/mol. The van der Waals surface area contributed by atoms with Crippen LogP contribution in [0.1, 0.15) is 23.0 Å². The third kappa shape index (κ3) is 5.05. The van der Waals surface area contributed by atoms with Crippen LogP contribution in [0.3, 0.4) is 0 Å². The van der Waals surface area contributed by atoms with Crippen molar-refractivity contribution < 1.29 is 9.59 Å². The number of rotatable bonds is 5. The van der Waals surface area contributed by atoms with Gasteiger partial charge in [-0.25, -0.2) is 9.97 Å². The summed E-state index contributed by atoms with van der Waals surface area (Å²) in [5.41, 5.74) is 3.10. The molecule has 0 saturated heterocycles. The third-order valence-electron chi connectivity index (χ3n) is 3.78. The number of halogens is 1. The van der Waals surface area contributed by atoms with Crippen molar-refractivity contribution in [3.8, 4) is 0 Å². The number of hydrogen-bond acceptors (Lipinski definition) is 5. The summed E-state index contributed by atoms with van der Waals surface area (Å²) in [5, 5.41) is 9.18. The Kier molecular flexibility index (Phi) is 5.86. The highest BCUT2D eigenvalue weighted by Crippen LogP contribution is 2.21. The molecule has 2 amide bonds. The molecule has 0 spiro atoms. The average molecular weight is 396 g/mol. The molecule has 0 aliphatic rings. The van der Waals surface area contributed by atoms with E-state index in [9.17, 15) is 9.59 Å². The smallest absolute Gasteiger partial charge is 0.275 e. The highest BCUT2D eigenvalue weighted by molar-refractivity contribution is 6.30. The number of aryl methyl sites for hydroxylation is 1. The molecule has 1 aromatic heterocycles. The van der Waals surface area contributed by atoms with E-state index < -0.39 is 0 Å². The summed E-state index contributed by atoms with van der Waals surface area (Å²) in [5.74, 6) is -0.0421. The molecule has 0 saturated carbocycles. The lowest BCUT2D eigenvalue weighted by atomic mass is 10.2. The largest absolute Gasteiger partial charge is 0.339 e. The van der Waals surface area contributed by atoms with Crippen molar-refractivity contribution in [2.24, 2.45) is 0 Å². The molecule has 1 heterocycles. The van der Waals surface area contributed by atoms with Gasteiger partial charge in [0, 0.05) is 29.0 Å². The zero-order valence-corrected chi connectivity index (χ0v) is 16.0. The van der Waals surface area contributed by atoms with Crippen molar-refractivity contribution in [1.82, 2.24) is 9.97 Å². The monoisotopic (exact) mass is 395 g/mol. The Morgan fingerprint density at radius 1 is 0.964 bits per heavy atom. The van der Waals surface area contributed by atoms with E-state index in [-0.39, 0.29) is 17.5 Å². The number of carbonyl (C=O) groups is 2. The zero-order valence-electron chi connectivity index (χ0n) is 15.3. The molecule has 0 unspecified atom stereocenters. The lowest BCUT2D eigenvalue weighted by Gasteiger charge is -2.10. The molecule has 0 radical (unpaired) electrons. The van der Waals surface area contributed by atoms with E-state index in [1.54, 1.807) is 36.4 Å². The van der Waals surface area contributed by atoms with Crippen LogP contribution in [0.25, 0.3) is 0 Å². The number of carbonyl (C=O) groups excluding carboxylic acids is 2. The van der Waals surface area contributed by atoms with Crippen molar-refractivity contribution in [1.29, 1.82) is 0 Å². The first-order valence-corrected chi connectivity index (χ1v) is 8.83. The number of nitrogens with one attached hydrogen (secondary N) is 3. The number of anilines is 4. The van der Waals surface area contributed by atoms with Crippen LogP contribution in [0.4, 0.5) is 22.9 Å². The van der Waals surface area contributed by atoms with Gasteiger partial charge in [0.25, 0.3) is 5.91 Å². The van der Waals surface area contributed by atoms with E-state index in [0.29, 0.717) is 22.2 Å². The molecular formula is C20H18ClN5O2. The lowest BCUT2D eigenvalue weighted by molar-refractivity contribution is -0.114. The fourth-order valence-electron chi connectivity index (χ4n) is 2.49. The molecule has 0 aliphatic carbocycles. The second-order valence-electron chi connectivity index (χ2n) is 6.09. The Balaban J connectivity index is 1.67. The predicted molar refractivity (Wildman–Crippen MR) is 110 cm³/mol. The predicted octanol–water partition coefficient (Wildman–Crippen LogP) is 4.39. The minimum absolute atomic E-state index is 0.150. The molecule has 3 N–H and O–H groups in total. The first-order chi connectivity index (χ1) is 13.4. The van der Waals surface area contributed by atoms with Gasteiger partial charge in [-0.3, -0.25) is 9.59 Å². The fraction of sp³-hybridized carbons (Fsp3) is 0.100. The zero-order chi connectivity index (χ0) is 20.1. The van der Waals surface area contributed by atoms with Crippen LogP contribution in [0.15, 0.2) is 54.9 Å². The van der Waals surface area contributed by atoms with Crippen LogP contribution in [0.5, 0.6) is 0 Å². The van der Waals surface area contributed by atoms with Crippen LogP contribution < -0.4 is 16.0 Å². The van der Waals surface area contributed by atoms with Crippen molar-refractivity contribution >= 4 is 46.3 Å². The van der Waals surface area contributed by atoms with Crippen molar-refractivity contribution in [2.75, 3.05) is 16.0 Å². The molecule has 7 nitrogen and oxygen atoms in total. The molecule has 28 heavy (non-hydrogen) atoms. The van der Waals surface area contributed by atoms with Crippen molar-refractivity contribution in [3.63, 3.8) is 0 Å². The summed E-state index contributed by atoms with van der Waals surface area (Å²) in [6, 6.07) is 12.4. The number of amides is 2. The third-order valence-corrected chi connectivity index (χ3v) is 4.01. The van der Waals surface area contributed by atoms with Crippen molar-refractivity contribution in [2.45, 2.75) is 13.8 Å². The minimum atomic E-state index is -0.364. The van der Waals surface area contributed by atoms with E-state index in [1.165, 1.54) is 19.3 Å². The Bertz CT molecular complexity index is 1020. The van der Waals surface area contributed by atoms with Crippen molar-refractivity contribution in [3.05, 3.63) is 71.1 Å². The normalized spacial score (nSPS) is 10.2. The standard InChI is InChI=1S/C20H18ClN5O2/c1-12-8-14(21)6-7-17(12)26-20(28)18-10-23-19(11-22-18)25-16-5-3-4-15(9-16)24-13(2)27/h3-11H,1-2H3,(H,23,25)(H,24,27)(H,26,28). The summed E-state index contributed by atoms with van der Waals surface area (Å²) < 4.78 is 0. The quantitative estimate of drug-likeness (QED) is 0.595. The summed E-state index contributed by atoms with van der Waals surface area (Å²) >= 11 is 5.93. The highest BCUT2D eigenvalue weighted by Gasteiger charge is 2.10. The SMILES string of the molecule is CC(=O)Nc1cccc(Nc2cnc(C(=O)Nc3ccc(Cl)cc3C)cn2)c1. The summed E-state index contributed by atoms with van der Waals surface area (Å²) in [4.78, 5) is 31.9. The van der Waals surface area contributed by atoms with Gasteiger partial charge in [-0.05, 0) is 48.9 Å². The molecule has 0 aliphatic heterocycles. The number of hydrogen-bond donors (Lipinski definition) is 3. The van der Waals surface area contributed by atoms with E-state index in [4.69, 9.17) is 11.6 Å². The van der Waals surface area contributed by atoms with Gasteiger partial charge >= 0.3 is 0 Å². The van der Waals surface area contributed by atoms with Gasteiger partial charge < -0.3 is 16.0 Å². The van der Waals surface area contributed by atoms with Gasteiger partial charge in [0.1, 0.15) is 11.5 Å². The molecule has 142 valence electrons. The molecule has 0 bridgehead atoms. The van der Waals surface area contributed by atoms with E-state index in [0.717, 1.165) is 11.3 Å². The number of nitrogens with zero attached hydrogens (tertiary/aromatic N) is 2. The van der Waals surface area contributed by atoms with Gasteiger partial charge in [-0.15, -0.1) is 0 Å². The van der Waals surface area contributed by atoms with Gasteiger partial charge in [-0.1, -0.05) is 17.7 Å². The lowest BCUT2D eigenvalue weighted by Crippen LogP contribution is -2.15. The molecule has 0 atom stereocenters. The maximum Gasteiger partial charge on any atom is 0.275 e. The molecule has 2 aromatic carbocycles. The first kappa shape index (κ1) is 19.3. The minimum Gasteiger partial charge on any atom is -0.339 e. The topological polar surface area (TPSA) is 96.0 Å². The Morgan fingerprint density at radius 3 is 2.43 bits per heavy atom. The highest BCUT2D eigenvalue weighted by atomic mass is 35.5. The first-order valence-electron chi connectivity index (χ1n) is 8.45. The van der Waals surface area contributed by atoms with E-state index >= 15 is 0 Å². The Labute approximate surface area is 167 Å². The second-order valence-corrected chi connectivity index (χ2v) is 6.52. The fourth-order valence-corrected chi connectivity index (χ4v) is 2.72. The van der Waals surface area contributed by atoms with Gasteiger partial charge in [0.05, 0.1) is 12.4 Å². The maximum absolute atomic E-state index is 12.4.